The molecule has 3 rings (SSSR count). The third-order valence-electron chi connectivity index (χ3n) is 3.54. The molecule has 1 aliphatic rings. The average molecular weight is 257 g/mol. The summed E-state index contributed by atoms with van der Waals surface area (Å²) < 4.78 is 2.01. The lowest BCUT2D eigenvalue weighted by atomic mass is 9.99. The van der Waals surface area contributed by atoms with E-state index in [9.17, 15) is 9.90 Å². The topological polar surface area (TPSA) is 68.0 Å². The molecular weight excluding hydrogens is 242 g/mol. The summed E-state index contributed by atoms with van der Waals surface area (Å²) in [6, 6.07) is 5.58. The Balaban J connectivity index is 2.17. The first-order valence-electron chi connectivity index (χ1n) is 6.41. The number of carboxylic acids is 1. The molecule has 0 aliphatic carbocycles. The van der Waals surface area contributed by atoms with E-state index in [1.807, 2.05) is 22.8 Å². The van der Waals surface area contributed by atoms with Crippen LogP contribution in [0.15, 0.2) is 24.4 Å². The summed E-state index contributed by atoms with van der Waals surface area (Å²) in [6.45, 7) is 2.98. The van der Waals surface area contributed by atoms with E-state index in [0.717, 1.165) is 30.8 Å². The highest BCUT2D eigenvalue weighted by molar-refractivity contribution is 5.87. The minimum absolute atomic E-state index is 0.174. The minimum atomic E-state index is -0.958. The summed E-state index contributed by atoms with van der Waals surface area (Å²) in [7, 11) is 0. The van der Waals surface area contributed by atoms with Gasteiger partial charge in [0, 0.05) is 12.7 Å². The van der Waals surface area contributed by atoms with E-state index < -0.39 is 5.97 Å². The highest BCUT2D eigenvalue weighted by Gasteiger charge is 2.27. The molecule has 5 nitrogen and oxygen atoms in total. The highest BCUT2D eigenvalue weighted by Crippen LogP contribution is 2.28. The second-order valence-corrected chi connectivity index (χ2v) is 5.01. The van der Waals surface area contributed by atoms with Crippen LogP contribution >= 0.6 is 0 Å². The summed E-state index contributed by atoms with van der Waals surface area (Å²) in [5, 5.41) is 9.27. The Bertz CT molecular complexity index is 619. The van der Waals surface area contributed by atoms with Crippen LogP contribution in [0.1, 0.15) is 29.5 Å². The third kappa shape index (κ3) is 2.01. The maximum Gasteiger partial charge on any atom is 0.356 e. The molecule has 5 heteroatoms. The van der Waals surface area contributed by atoms with Gasteiger partial charge in [-0.05, 0) is 30.9 Å². The third-order valence-corrected chi connectivity index (χ3v) is 3.54. The zero-order valence-electron chi connectivity index (χ0n) is 10.7. The van der Waals surface area contributed by atoms with E-state index in [1.54, 1.807) is 6.20 Å². The molecule has 98 valence electrons. The van der Waals surface area contributed by atoms with Gasteiger partial charge in [-0.2, -0.15) is 0 Å². The molecule has 0 saturated carbocycles. The SMILES string of the molecule is CC1CCc2c(C(=O)O)nc(-c3ccccn3)n2C1. The van der Waals surface area contributed by atoms with Crippen LogP contribution in [0.25, 0.3) is 11.5 Å². The van der Waals surface area contributed by atoms with Gasteiger partial charge in [0.1, 0.15) is 5.69 Å². The largest absolute Gasteiger partial charge is 0.476 e. The summed E-state index contributed by atoms with van der Waals surface area (Å²) >= 11 is 0. The van der Waals surface area contributed by atoms with Gasteiger partial charge < -0.3 is 9.67 Å². The standard InChI is InChI=1S/C14H15N3O2/c1-9-5-6-11-12(14(18)19)16-13(17(11)8-9)10-4-2-3-7-15-10/h2-4,7,9H,5-6,8H2,1H3,(H,18,19). The number of carbonyl (C=O) groups is 1. The lowest BCUT2D eigenvalue weighted by molar-refractivity contribution is 0.0689. The summed E-state index contributed by atoms with van der Waals surface area (Å²) in [4.78, 5) is 19.9. The van der Waals surface area contributed by atoms with E-state index in [1.165, 1.54) is 0 Å². The lowest BCUT2D eigenvalue weighted by Gasteiger charge is -2.22. The first kappa shape index (κ1) is 11.9. The summed E-state index contributed by atoms with van der Waals surface area (Å²) in [5.41, 5.74) is 1.73. The van der Waals surface area contributed by atoms with Gasteiger partial charge in [-0.1, -0.05) is 13.0 Å². The van der Waals surface area contributed by atoms with Crippen LogP contribution in [-0.4, -0.2) is 25.6 Å². The van der Waals surface area contributed by atoms with E-state index in [0.29, 0.717) is 11.7 Å². The molecule has 3 heterocycles. The van der Waals surface area contributed by atoms with Gasteiger partial charge in [0.05, 0.1) is 5.69 Å². The number of nitrogens with zero attached hydrogens (tertiary/aromatic N) is 3. The van der Waals surface area contributed by atoms with Crippen molar-refractivity contribution in [1.29, 1.82) is 0 Å². The van der Waals surface area contributed by atoms with Gasteiger partial charge in [-0.3, -0.25) is 4.98 Å². The van der Waals surface area contributed by atoms with Crippen LogP contribution in [0.4, 0.5) is 0 Å². The number of fused-ring (bicyclic) bond motifs is 1. The summed E-state index contributed by atoms with van der Waals surface area (Å²) in [6.07, 6.45) is 3.47. The van der Waals surface area contributed by atoms with Gasteiger partial charge in [0.25, 0.3) is 0 Å². The van der Waals surface area contributed by atoms with Crippen LogP contribution in [0, 0.1) is 5.92 Å². The molecule has 1 unspecified atom stereocenters. The smallest absolute Gasteiger partial charge is 0.356 e. The molecule has 0 saturated heterocycles. The zero-order chi connectivity index (χ0) is 13.4. The first-order valence-corrected chi connectivity index (χ1v) is 6.41. The van der Waals surface area contributed by atoms with E-state index in [2.05, 4.69) is 16.9 Å². The molecule has 1 N–H and O–H groups in total. The van der Waals surface area contributed by atoms with Crippen molar-refractivity contribution in [3.05, 3.63) is 35.8 Å². The van der Waals surface area contributed by atoms with Crippen LogP contribution in [-0.2, 0) is 13.0 Å². The van der Waals surface area contributed by atoms with Crippen molar-refractivity contribution in [2.24, 2.45) is 5.92 Å². The molecule has 2 aromatic heterocycles. The monoisotopic (exact) mass is 257 g/mol. The molecular formula is C14H15N3O2. The fraction of sp³-hybridized carbons (Fsp3) is 0.357. The Morgan fingerprint density at radius 2 is 2.32 bits per heavy atom. The number of aromatic nitrogens is 3. The predicted molar refractivity (Wildman–Crippen MR) is 69.9 cm³/mol. The van der Waals surface area contributed by atoms with Gasteiger partial charge in [-0.25, -0.2) is 9.78 Å². The van der Waals surface area contributed by atoms with Crippen LogP contribution in [0.2, 0.25) is 0 Å². The fourth-order valence-corrected chi connectivity index (χ4v) is 2.58. The van der Waals surface area contributed by atoms with Crippen LogP contribution in [0.3, 0.4) is 0 Å². The van der Waals surface area contributed by atoms with Gasteiger partial charge in [0.2, 0.25) is 0 Å². The van der Waals surface area contributed by atoms with Crippen molar-refractivity contribution in [2.75, 3.05) is 0 Å². The molecule has 19 heavy (non-hydrogen) atoms. The van der Waals surface area contributed by atoms with Crippen LogP contribution < -0.4 is 0 Å². The average Bonchev–Trinajstić information content (AvgIpc) is 2.78. The molecule has 1 aliphatic heterocycles. The molecule has 0 bridgehead atoms. The molecule has 0 amide bonds. The lowest BCUT2D eigenvalue weighted by Crippen LogP contribution is -2.19. The normalized spacial score (nSPS) is 18.1. The van der Waals surface area contributed by atoms with Crippen molar-refractivity contribution in [1.82, 2.24) is 14.5 Å². The minimum Gasteiger partial charge on any atom is -0.476 e. The fourth-order valence-electron chi connectivity index (χ4n) is 2.58. The van der Waals surface area contributed by atoms with Gasteiger partial charge in [0.15, 0.2) is 11.5 Å². The van der Waals surface area contributed by atoms with Crippen molar-refractivity contribution >= 4 is 5.97 Å². The zero-order valence-corrected chi connectivity index (χ0v) is 10.7. The van der Waals surface area contributed by atoms with Crippen LogP contribution in [0.5, 0.6) is 0 Å². The number of pyridine rings is 1. The quantitative estimate of drug-likeness (QED) is 0.895. The number of rotatable bonds is 2. The number of carboxylic acid groups (broad SMARTS) is 1. The Morgan fingerprint density at radius 3 is 3.00 bits per heavy atom. The van der Waals surface area contributed by atoms with E-state index in [-0.39, 0.29) is 5.69 Å². The Kier molecular flexibility index (Phi) is 2.81. The molecule has 1 atom stereocenters. The Morgan fingerprint density at radius 1 is 1.47 bits per heavy atom. The summed E-state index contributed by atoms with van der Waals surface area (Å²) in [5.74, 6) is 0.242. The highest BCUT2D eigenvalue weighted by atomic mass is 16.4. The van der Waals surface area contributed by atoms with Crippen molar-refractivity contribution < 1.29 is 9.90 Å². The number of hydrogen-bond donors (Lipinski definition) is 1. The first-order chi connectivity index (χ1) is 9.16. The van der Waals surface area contributed by atoms with Crippen molar-refractivity contribution in [2.45, 2.75) is 26.3 Å². The van der Waals surface area contributed by atoms with Crippen molar-refractivity contribution in [3.63, 3.8) is 0 Å². The molecule has 0 spiro atoms. The molecule has 0 aromatic carbocycles. The number of imidazole rings is 1. The van der Waals surface area contributed by atoms with E-state index in [4.69, 9.17) is 0 Å². The molecule has 0 fully saturated rings. The second-order valence-electron chi connectivity index (χ2n) is 5.01. The van der Waals surface area contributed by atoms with E-state index >= 15 is 0 Å². The molecule has 2 aromatic rings. The molecule has 0 radical (unpaired) electrons. The Labute approximate surface area is 110 Å². The predicted octanol–water partition coefficient (Wildman–Crippen LogP) is 2.23. The second kappa shape index (κ2) is 4.50. The number of hydrogen-bond acceptors (Lipinski definition) is 3. The Hall–Kier alpha value is -2.17. The maximum absolute atomic E-state index is 11.3. The van der Waals surface area contributed by atoms with Gasteiger partial charge >= 0.3 is 5.97 Å². The van der Waals surface area contributed by atoms with Gasteiger partial charge in [-0.15, -0.1) is 0 Å². The van der Waals surface area contributed by atoms with Crippen molar-refractivity contribution in [3.8, 4) is 11.5 Å². The maximum atomic E-state index is 11.3. The number of aromatic carboxylic acids is 1.